The molecule has 1 heterocycles. The SMILES string of the molecule is COC(=O)c1ccccc1Nc1ccnc(Nc2cccc(C)c2)n1. The molecule has 0 aliphatic heterocycles. The summed E-state index contributed by atoms with van der Waals surface area (Å²) < 4.78 is 4.80. The van der Waals surface area contributed by atoms with Crippen molar-refractivity contribution in [2.75, 3.05) is 17.7 Å². The Balaban J connectivity index is 1.82. The Bertz CT molecular complexity index is 896. The van der Waals surface area contributed by atoms with E-state index >= 15 is 0 Å². The third-order valence-corrected chi connectivity index (χ3v) is 3.52. The number of ether oxygens (including phenoxy) is 1. The third kappa shape index (κ3) is 4.11. The molecule has 25 heavy (non-hydrogen) atoms. The molecule has 2 N–H and O–H groups in total. The number of nitrogens with zero attached hydrogens (tertiary/aromatic N) is 2. The number of rotatable bonds is 5. The zero-order valence-corrected chi connectivity index (χ0v) is 14.0. The smallest absolute Gasteiger partial charge is 0.339 e. The van der Waals surface area contributed by atoms with Crippen molar-refractivity contribution in [1.29, 1.82) is 0 Å². The van der Waals surface area contributed by atoms with Gasteiger partial charge in [-0.3, -0.25) is 0 Å². The molecule has 2 aromatic carbocycles. The zero-order valence-electron chi connectivity index (χ0n) is 14.0. The normalized spacial score (nSPS) is 10.2. The molecule has 0 fully saturated rings. The molecule has 0 saturated carbocycles. The average molecular weight is 334 g/mol. The summed E-state index contributed by atoms with van der Waals surface area (Å²) in [7, 11) is 1.35. The van der Waals surface area contributed by atoms with E-state index < -0.39 is 5.97 Å². The lowest BCUT2D eigenvalue weighted by Gasteiger charge is -2.11. The molecule has 6 heteroatoms. The topological polar surface area (TPSA) is 76.1 Å². The van der Waals surface area contributed by atoms with E-state index in [0.717, 1.165) is 11.3 Å². The molecular weight excluding hydrogens is 316 g/mol. The maximum absolute atomic E-state index is 11.9. The quantitative estimate of drug-likeness (QED) is 0.685. The Hall–Kier alpha value is -3.41. The van der Waals surface area contributed by atoms with Crippen molar-refractivity contribution >= 4 is 29.1 Å². The van der Waals surface area contributed by atoms with Crippen molar-refractivity contribution in [3.8, 4) is 0 Å². The van der Waals surface area contributed by atoms with Crippen LogP contribution in [-0.4, -0.2) is 23.0 Å². The summed E-state index contributed by atoms with van der Waals surface area (Å²) in [5.74, 6) is 0.628. The number of aromatic nitrogens is 2. The van der Waals surface area contributed by atoms with Gasteiger partial charge in [0.1, 0.15) is 5.82 Å². The predicted octanol–water partition coefficient (Wildman–Crippen LogP) is 4.06. The molecule has 0 atom stereocenters. The number of aryl methyl sites for hydroxylation is 1. The zero-order chi connectivity index (χ0) is 17.6. The van der Waals surface area contributed by atoms with Crippen LogP contribution in [0, 0.1) is 6.92 Å². The summed E-state index contributed by atoms with van der Waals surface area (Å²) >= 11 is 0. The van der Waals surface area contributed by atoms with E-state index in [0.29, 0.717) is 23.0 Å². The molecule has 126 valence electrons. The summed E-state index contributed by atoms with van der Waals surface area (Å²) in [6, 6.07) is 16.8. The highest BCUT2D eigenvalue weighted by Gasteiger charge is 2.11. The fourth-order valence-corrected chi connectivity index (χ4v) is 2.36. The lowest BCUT2D eigenvalue weighted by molar-refractivity contribution is 0.0602. The molecule has 0 aliphatic carbocycles. The predicted molar refractivity (Wildman–Crippen MR) is 97.6 cm³/mol. The first-order valence-electron chi connectivity index (χ1n) is 7.77. The van der Waals surface area contributed by atoms with E-state index in [1.54, 1.807) is 30.5 Å². The van der Waals surface area contributed by atoms with Gasteiger partial charge in [0.25, 0.3) is 0 Å². The Labute approximate surface area is 145 Å². The van der Waals surface area contributed by atoms with E-state index in [-0.39, 0.29) is 0 Å². The van der Waals surface area contributed by atoms with Crippen molar-refractivity contribution in [2.45, 2.75) is 6.92 Å². The Kier molecular flexibility index (Phi) is 4.89. The van der Waals surface area contributed by atoms with Gasteiger partial charge in [0.05, 0.1) is 18.4 Å². The van der Waals surface area contributed by atoms with Gasteiger partial charge in [-0.15, -0.1) is 0 Å². The highest BCUT2D eigenvalue weighted by atomic mass is 16.5. The lowest BCUT2D eigenvalue weighted by Crippen LogP contribution is -2.06. The van der Waals surface area contributed by atoms with Crippen LogP contribution in [0.3, 0.4) is 0 Å². The first kappa shape index (κ1) is 16.4. The molecular formula is C19H18N4O2. The Morgan fingerprint density at radius 2 is 1.88 bits per heavy atom. The van der Waals surface area contributed by atoms with E-state index in [2.05, 4.69) is 20.6 Å². The van der Waals surface area contributed by atoms with Gasteiger partial charge in [0, 0.05) is 11.9 Å². The van der Waals surface area contributed by atoms with Crippen molar-refractivity contribution in [2.24, 2.45) is 0 Å². The van der Waals surface area contributed by atoms with Gasteiger partial charge in [-0.05, 0) is 42.8 Å². The second-order valence-corrected chi connectivity index (χ2v) is 5.42. The molecule has 0 bridgehead atoms. The molecule has 1 aromatic heterocycles. The number of hydrogen-bond acceptors (Lipinski definition) is 6. The summed E-state index contributed by atoms with van der Waals surface area (Å²) in [5.41, 5.74) is 3.12. The van der Waals surface area contributed by atoms with Crippen LogP contribution < -0.4 is 10.6 Å². The minimum absolute atomic E-state index is 0.407. The van der Waals surface area contributed by atoms with Crippen LogP contribution in [0.5, 0.6) is 0 Å². The van der Waals surface area contributed by atoms with Crippen LogP contribution in [0.1, 0.15) is 15.9 Å². The third-order valence-electron chi connectivity index (χ3n) is 3.52. The van der Waals surface area contributed by atoms with Crippen LogP contribution >= 0.6 is 0 Å². The van der Waals surface area contributed by atoms with Gasteiger partial charge in [-0.2, -0.15) is 4.98 Å². The van der Waals surface area contributed by atoms with E-state index in [4.69, 9.17) is 4.74 Å². The fourth-order valence-electron chi connectivity index (χ4n) is 2.36. The number of methoxy groups -OCH3 is 1. The van der Waals surface area contributed by atoms with Crippen LogP contribution in [0.15, 0.2) is 60.8 Å². The first-order chi connectivity index (χ1) is 12.2. The molecule has 6 nitrogen and oxygen atoms in total. The number of carbonyl (C=O) groups excluding carboxylic acids is 1. The number of carbonyl (C=O) groups is 1. The van der Waals surface area contributed by atoms with Crippen molar-refractivity contribution in [3.63, 3.8) is 0 Å². The highest BCUT2D eigenvalue weighted by Crippen LogP contribution is 2.21. The number of nitrogens with one attached hydrogen (secondary N) is 2. The Morgan fingerprint density at radius 3 is 2.68 bits per heavy atom. The van der Waals surface area contributed by atoms with Crippen LogP contribution in [-0.2, 0) is 4.74 Å². The van der Waals surface area contributed by atoms with Crippen molar-refractivity contribution in [1.82, 2.24) is 9.97 Å². The standard InChI is InChI=1S/C19H18N4O2/c1-13-6-5-7-14(12-13)21-19-20-11-10-17(23-19)22-16-9-4-3-8-15(16)18(24)25-2/h3-12H,1-2H3,(H2,20,21,22,23). The molecule has 0 radical (unpaired) electrons. The van der Waals surface area contributed by atoms with E-state index in [9.17, 15) is 4.79 Å². The molecule has 3 rings (SSSR count). The fraction of sp³-hybridized carbons (Fsp3) is 0.105. The number of hydrogen-bond donors (Lipinski definition) is 2. The van der Waals surface area contributed by atoms with Crippen molar-refractivity contribution < 1.29 is 9.53 Å². The van der Waals surface area contributed by atoms with E-state index in [1.165, 1.54) is 7.11 Å². The lowest BCUT2D eigenvalue weighted by atomic mass is 10.2. The van der Waals surface area contributed by atoms with Gasteiger partial charge in [-0.1, -0.05) is 24.3 Å². The molecule has 0 amide bonds. The minimum Gasteiger partial charge on any atom is -0.465 e. The molecule has 3 aromatic rings. The maximum atomic E-state index is 11.9. The van der Waals surface area contributed by atoms with Gasteiger partial charge < -0.3 is 15.4 Å². The van der Waals surface area contributed by atoms with Crippen molar-refractivity contribution in [3.05, 3.63) is 71.9 Å². The number of esters is 1. The van der Waals surface area contributed by atoms with Gasteiger partial charge in [0.2, 0.25) is 5.95 Å². The van der Waals surface area contributed by atoms with Crippen LogP contribution in [0.4, 0.5) is 23.1 Å². The molecule has 0 saturated heterocycles. The summed E-state index contributed by atoms with van der Waals surface area (Å²) in [4.78, 5) is 20.5. The Morgan fingerprint density at radius 1 is 1.04 bits per heavy atom. The number of benzene rings is 2. The minimum atomic E-state index is -0.407. The molecule has 0 aliphatic rings. The second-order valence-electron chi connectivity index (χ2n) is 5.42. The van der Waals surface area contributed by atoms with E-state index in [1.807, 2.05) is 37.3 Å². The number of anilines is 4. The summed E-state index contributed by atoms with van der Waals surface area (Å²) in [6.07, 6.45) is 1.65. The number of para-hydroxylation sites is 1. The maximum Gasteiger partial charge on any atom is 0.339 e. The van der Waals surface area contributed by atoms with Crippen LogP contribution in [0.2, 0.25) is 0 Å². The largest absolute Gasteiger partial charge is 0.465 e. The summed E-state index contributed by atoms with van der Waals surface area (Å²) in [6.45, 7) is 2.02. The van der Waals surface area contributed by atoms with Gasteiger partial charge in [0.15, 0.2) is 0 Å². The first-order valence-corrected chi connectivity index (χ1v) is 7.77. The molecule has 0 unspecified atom stereocenters. The second kappa shape index (κ2) is 7.44. The monoisotopic (exact) mass is 334 g/mol. The highest BCUT2D eigenvalue weighted by molar-refractivity contribution is 5.96. The van der Waals surface area contributed by atoms with Gasteiger partial charge in [-0.25, -0.2) is 9.78 Å². The molecule has 0 spiro atoms. The van der Waals surface area contributed by atoms with Gasteiger partial charge >= 0.3 is 5.97 Å². The van der Waals surface area contributed by atoms with Crippen LogP contribution in [0.25, 0.3) is 0 Å². The summed E-state index contributed by atoms with van der Waals surface area (Å²) in [5, 5.41) is 6.30. The average Bonchev–Trinajstić information content (AvgIpc) is 2.62.